The van der Waals surface area contributed by atoms with Crippen LogP contribution in [0.2, 0.25) is 0 Å². The van der Waals surface area contributed by atoms with E-state index in [0.717, 1.165) is 57.5 Å². The monoisotopic (exact) mass is 670 g/mol. The van der Waals surface area contributed by atoms with Crippen LogP contribution in [0.5, 0.6) is 5.75 Å². The first-order valence-corrected chi connectivity index (χ1v) is 18.8. The second kappa shape index (κ2) is 11.4. The first-order chi connectivity index (χ1) is 23.8. The average Bonchev–Trinajstić information content (AvgIpc) is 3.51. The highest BCUT2D eigenvalue weighted by atomic mass is 32.2. The Labute approximate surface area is 286 Å². The molecule has 0 spiro atoms. The van der Waals surface area contributed by atoms with Crippen LogP contribution < -0.4 is 4.18 Å². The summed E-state index contributed by atoms with van der Waals surface area (Å²) in [5.41, 5.74) is 2.73. The van der Waals surface area contributed by atoms with Gasteiger partial charge in [-0.1, -0.05) is 78.9 Å². The van der Waals surface area contributed by atoms with Crippen LogP contribution in [0, 0.1) is 23.2 Å². The Balaban J connectivity index is 1.08. The van der Waals surface area contributed by atoms with Crippen LogP contribution in [0.1, 0.15) is 45.4 Å². The van der Waals surface area contributed by atoms with Gasteiger partial charge in [0, 0.05) is 16.5 Å². The molecule has 8 heteroatoms. The van der Waals surface area contributed by atoms with Crippen LogP contribution in [-0.4, -0.2) is 35.8 Å². The van der Waals surface area contributed by atoms with E-state index < -0.39 is 20.8 Å². The fourth-order valence-electron chi connectivity index (χ4n) is 9.44. The number of aromatic nitrogens is 2. The predicted octanol–water partition coefficient (Wildman–Crippen LogP) is 8.86. The standard InChI is InChI=1S/C41H38N2O5S/c1-26(25-47-40(44)41-22-27-19-28(23-41)21-29(20-27)24-41)49(45,46)48-36-18-10-9-17-35(36)39-42-37-33-15-7-5-13-31(33)32-14-6-8-16-34(32)38(37)43(39)30-11-3-2-4-12-30/h2-18,26-29H,19-25H2,1H3. The lowest BCUT2D eigenvalue weighted by molar-refractivity contribution is -0.171. The lowest BCUT2D eigenvalue weighted by atomic mass is 9.49. The molecule has 1 unspecified atom stereocenters. The molecule has 1 aromatic heterocycles. The largest absolute Gasteiger partial charge is 0.464 e. The number of esters is 1. The average molecular weight is 671 g/mol. The Hall–Kier alpha value is -4.69. The molecule has 0 amide bonds. The van der Waals surface area contributed by atoms with E-state index in [0.29, 0.717) is 29.1 Å². The van der Waals surface area contributed by atoms with Crippen LogP contribution in [0.4, 0.5) is 0 Å². The van der Waals surface area contributed by atoms with Crippen molar-refractivity contribution in [2.75, 3.05) is 6.61 Å². The summed E-state index contributed by atoms with van der Waals surface area (Å²) >= 11 is 0. The minimum atomic E-state index is -4.19. The molecule has 0 N–H and O–H groups in total. The smallest absolute Gasteiger partial charge is 0.315 e. The van der Waals surface area contributed by atoms with E-state index in [2.05, 4.69) is 28.8 Å². The number of hydrogen-bond donors (Lipinski definition) is 0. The topological polar surface area (TPSA) is 87.5 Å². The van der Waals surface area contributed by atoms with Crippen molar-refractivity contribution in [2.24, 2.45) is 23.2 Å². The normalized spacial score (nSPS) is 23.7. The Morgan fingerprint density at radius 2 is 1.33 bits per heavy atom. The third kappa shape index (κ3) is 5.02. The number of benzene rings is 5. The molecule has 4 saturated carbocycles. The number of rotatable bonds is 8. The number of carbonyl (C=O) groups is 1. The third-order valence-corrected chi connectivity index (χ3v) is 12.8. The quantitative estimate of drug-likeness (QED) is 0.0914. The van der Waals surface area contributed by atoms with Gasteiger partial charge in [-0.3, -0.25) is 9.36 Å². The highest BCUT2D eigenvalue weighted by molar-refractivity contribution is 7.87. The fourth-order valence-corrected chi connectivity index (χ4v) is 10.2. The molecular weight excluding hydrogens is 633 g/mol. The van der Waals surface area contributed by atoms with Gasteiger partial charge < -0.3 is 8.92 Å². The van der Waals surface area contributed by atoms with Crippen LogP contribution in [0.25, 0.3) is 49.7 Å². The van der Waals surface area contributed by atoms with Crippen molar-refractivity contribution in [3.05, 3.63) is 103 Å². The zero-order valence-corrected chi connectivity index (χ0v) is 28.2. The Morgan fingerprint density at radius 3 is 2.00 bits per heavy atom. The zero-order chi connectivity index (χ0) is 33.3. The summed E-state index contributed by atoms with van der Waals surface area (Å²) in [6, 6.07) is 33.6. The van der Waals surface area contributed by atoms with Gasteiger partial charge in [0.05, 0.1) is 22.0 Å². The molecule has 4 fully saturated rings. The molecule has 6 aromatic rings. The predicted molar refractivity (Wildman–Crippen MR) is 192 cm³/mol. The van der Waals surface area contributed by atoms with Crippen molar-refractivity contribution in [1.29, 1.82) is 0 Å². The summed E-state index contributed by atoms with van der Waals surface area (Å²) in [6.45, 7) is 1.30. The number of para-hydroxylation sites is 2. The summed E-state index contributed by atoms with van der Waals surface area (Å²) in [5, 5.41) is 3.20. The number of carbonyl (C=O) groups excluding carboxylic acids is 1. The molecule has 4 bridgehead atoms. The van der Waals surface area contributed by atoms with E-state index in [1.165, 1.54) is 19.3 Å². The summed E-state index contributed by atoms with van der Waals surface area (Å²) in [7, 11) is -4.19. The van der Waals surface area contributed by atoms with Crippen LogP contribution in [-0.2, 0) is 19.6 Å². The molecule has 0 radical (unpaired) electrons. The lowest BCUT2D eigenvalue weighted by Gasteiger charge is -2.55. The van der Waals surface area contributed by atoms with Crippen LogP contribution >= 0.6 is 0 Å². The molecule has 0 saturated heterocycles. The highest BCUT2D eigenvalue weighted by Crippen LogP contribution is 2.60. The van der Waals surface area contributed by atoms with Crippen molar-refractivity contribution in [3.63, 3.8) is 0 Å². The SMILES string of the molecule is CC(COC(=O)C12CC3CC(CC(C3)C1)C2)S(=O)(=O)Oc1ccccc1-c1nc2c3ccccc3c3ccccc3c2n1-c1ccccc1. The second-order valence-electron chi connectivity index (χ2n) is 14.6. The van der Waals surface area contributed by atoms with Gasteiger partial charge in [0.2, 0.25) is 0 Å². The lowest BCUT2D eigenvalue weighted by Crippen LogP contribution is -2.51. The van der Waals surface area contributed by atoms with Gasteiger partial charge >= 0.3 is 16.1 Å². The molecular formula is C41H38N2O5S. The van der Waals surface area contributed by atoms with Gasteiger partial charge in [0.15, 0.2) is 5.75 Å². The molecule has 4 aliphatic rings. The maximum absolute atomic E-state index is 13.8. The Bertz CT molecular complexity index is 2330. The molecule has 1 atom stereocenters. The molecule has 5 aromatic carbocycles. The van der Waals surface area contributed by atoms with Gasteiger partial charge in [-0.25, -0.2) is 4.98 Å². The molecule has 0 aliphatic heterocycles. The number of hydrogen-bond acceptors (Lipinski definition) is 6. The van der Waals surface area contributed by atoms with Gasteiger partial charge in [-0.05, 0) is 98.2 Å². The molecule has 10 rings (SSSR count). The maximum Gasteiger partial charge on any atom is 0.315 e. The van der Waals surface area contributed by atoms with Gasteiger partial charge in [-0.2, -0.15) is 8.42 Å². The minimum absolute atomic E-state index is 0.169. The van der Waals surface area contributed by atoms with Crippen LogP contribution in [0.3, 0.4) is 0 Å². The maximum atomic E-state index is 13.8. The van der Waals surface area contributed by atoms with E-state index in [4.69, 9.17) is 13.9 Å². The summed E-state index contributed by atoms with van der Waals surface area (Å²) in [4.78, 5) is 18.7. The second-order valence-corrected chi connectivity index (χ2v) is 16.5. The minimum Gasteiger partial charge on any atom is -0.464 e. The van der Waals surface area contributed by atoms with E-state index >= 15 is 0 Å². The summed E-state index contributed by atoms with van der Waals surface area (Å²) < 4.78 is 41.4. The molecule has 4 aliphatic carbocycles. The molecule has 49 heavy (non-hydrogen) atoms. The summed E-state index contributed by atoms with van der Waals surface area (Å²) in [6.07, 6.45) is 6.26. The van der Waals surface area contributed by atoms with Crippen molar-refractivity contribution >= 4 is 48.7 Å². The van der Waals surface area contributed by atoms with E-state index in [9.17, 15) is 13.2 Å². The highest BCUT2D eigenvalue weighted by Gasteiger charge is 2.55. The van der Waals surface area contributed by atoms with E-state index in [1.54, 1.807) is 19.1 Å². The fraction of sp³-hybridized carbons (Fsp3) is 0.317. The van der Waals surface area contributed by atoms with Crippen molar-refractivity contribution in [2.45, 2.75) is 50.7 Å². The molecule has 7 nitrogen and oxygen atoms in total. The summed E-state index contributed by atoms with van der Waals surface area (Å²) in [5.74, 6) is 2.28. The Morgan fingerprint density at radius 1 is 0.776 bits per heavy atom. The van der Waals surface area contributed by atoms with Gasteiger partial charge in [0.25, 0.3) is 0 Å². The van der Waals surface area contributed by atoms with Gasteiger partial charge in [0.1, 0.15) is 17.7 Å². The van der Waals surface area contributed by atoms with Crippen molar-refractivity contribution in [3.8, 4) is 22.8 Å². The number of fused-ring (bicyclic) bond motifs is 6. The number of ether oxygens (including phenoxy) is 1. The first-order valence-electron chi connectivity index (χ1n) is 17.4. The first kappa shape index (κ1) is 30.4. The number of imidazole rings is 1. The third-order valence-electron chi connectivity index (χ3n) is 11.3. The Kier molecular flexibility index (Phi) is 7.09. The van der Waals surface area contributed by atoms with Crippen molar-refractivity contribution < 1.29 is 22.1 Å². The van der Waals surface area contributed by atoms with Crippen LogP contribution in [0.15, 0.2) is 103 Å². The zero-order valence-electron chi connectivity index (χ0n) is 27.4. The molecule has 1 heterocycles. The molecule has 248 valence electrons. The number of nitrogens with zero attached hydrogens (tertiary/aromatic N) is 2. The van der Waals surface area contributed by atoms with E-state index in [1.807, 2.05) is 66.7 Å². The van der Waals surface area contributed by atoms with E-state index in [-0.39, 0.29) is 18.3 Å². The van der Waals surface area contributed by atoms with Crippen molar-refractivity contribution in [1.82, 2.24) is 9.55 Å². The van der Waals surface area contributed by atoms with Gasteiger partial charge in [-0.15, -0.1) is 0 Å².